The average Bonchev–Trinajstić information content (AvgIpc) is 3.02. The number of benzene rings is 1. The molecule has 1 atom stereocenters. The molecule has 2 aromatic rings. The van der Waals surface area contributed by atoms with E-state index in [9.17, 15) is 8.42 Å². The topological polar surface area (TPSA) is 90.2 Å². The van der Waals surface area contributed by atoms with Gasteiger partial charge in [0.2, 0.25) is 10.0 Å². The first kappa shape index (κ1) is 14.1. The maximum absolute atomic E-state index is 12.6. The van der Waals surface area contributed by atoms with E-state index in [0.717, 1.165) is 0 Å². The summed E-state index contributed by atoms with van der Waals surface area (Å²) in [6.45, 7) is 3.03. The van der Waals surface area contributed by atoms with E-state index in [0.29, 0.717) is 25.4 Å². The molecule has 8 nitrogen and oxygen atoms in total. The number of aromatic nitrogens is 4. The summed E-state index contributed by atoms with van der Waals surface area (Å²) < 4.78 is 33.4. The Labute approximate surface area is 122 Å². The van der Waals surface area contributed by atoms with E-state index in [1.807, 2.05) is 6.92 Å². The molecule has 1 aliphatic rings. The van der Waals surface area contributed by atoms with Gasteiger partial charge in [-0.25, -0.2) is 13.1 Å². The van der Waals surface area contributed by atoms with E-state index < -0.39 is 10.0 Å². The molecule has 9 heteroatoms. The van der Waals surface area contributed by atoms with Gasteiger partial charge >= 0.3 is 0 Å². The van der Waals surface area contributed by atoms with Crippen LogP contribution in [0, 0.1) is 0 Å². The van der Waals surface area contributed by atoms with E-state index in [4.69, 9.17) is 4.74 Å². The van der Waals surface area contributed by atoms with E-state index in [2.05, 4.69) is 15.5 Å². The van der Waals surface area contributed by atoms with Gasteiger partial charge in [-0.15, -0.1) is 5.10 Å². The minimum absolute atomic E-state index is 0.0889. The molecule has 2 heterocycles. The van der Waals surface area contributed by atoms with Gasteiger partial charge in [-0.05, 0) is 41.6 Å². The van der Waals surface area contributed by atoms with Crippen LogP contribution in [0.3, 0.4) is 0 Å². The van der Waals surface area contributed by atoms with Crippen molar-refractivity contribution in [3.63, 3.8) is 0 Å². The summed E-state index contributed by atoms with van der Waals surface area (Å²) in [5.41, 5.74) is 0.703. The normalized spacial score (nSPS) is 20.5. The minimum Gasteiger partial charge on any atom is -0.376 e. The van der Waals surface area contributed by atoms with Gasteiger partial charge in [-0.1, -0.05) is 0 Å². The summed E-state index contributed by atoms with van der Waals surface area (Å²) >= 11 is 0. The second-order valence-corrected chi connectivity index (χ2v) is 6.73. The molecule has 0 amide bonds. The van der Waals surface area contributed by atoms with E-state index in [1.165, 1.54) is 15.3 Å². The second-order valence-electron chi connectivity index (χ2n) is 4.79. The molecule has 1 aliphatic heterocycles. The summed E-state index contributed by atoms with van der Waals surface area (Å²) in [6.07, 6.45) is 1.36. The number of nitrogens with zero attached hydrogens (tertiary/aromatic N) is 5. The molecular weight excluding hydrogens is 294 g/mol. The predicted octanol–water partition coefficient (Wildman–Crippen LogP) is 0.0717. The van der Waals surface area contributed by atoms with Crippen molar-refractivity contribution in [1.29, 1.82) is 0 Å². The molecule has 1 fully saturated rings. The van der Waals surface area contributed by atoms with E-state index >= 15 is 0 Å². The van der Waals surface area contributed by atoms with Crippen molar-refractivity contribution < 1.29 is 13.2 Å². The van der Waals surface area contributed by atoms with Crippen LogP contribution in [0.5, 0.6) is 0 Å². The van der Waals surface area contributed by atoms with Gasteiger partial charge in [0, 0.05) is 13.1 Å². The number of hydrogen-bond donors (Lipinski definition) is 0. The van der Waals surface area contributed by atoms with E-state index in [1.54, 1.807) is 24.3 Å². The number of ether oxygens (including phenoxy) is 1. The zero-order chi connectivity index (χ0) is 14.9. The van der Waals surface area contributed by atoms with Gasteiger partial charge in [0.05, 0.1) is 23.3 Å². The van der Waals surface area contributed by atoms with E-state index in [-0.39, 0.29) is 11.0 Å². The second kappa shape index (κ2) is 5.51. The maximum atomic E-state index is 12.6. The fourth-order valence-corrected chi connectivity index (χ4v) is 3.70. The highest BCUT2D eigenvalue weighted by Gasteiger charge is 2.28. The Morgan fingerprint density at radius 3 is 2.67 bits per heavy atom. The molecule has 0 bridgehead atoms. The first-order chi connectivity index (χ1) is 10.1. The molecule has 1 aromatic carbocycles. The minimum atomic E-state index is -3.49. The number of tetrazole rings is 1. The van der Waals surface area contributed by atoms with Crippen LogP contribution < -0.4 is 0 Å². The standard InChI is InChI=1S/C12H15N5O3S/c1-10-8-16(6-7-20-10)21(18,19)12-4-2-11(3-5-12)17-9-13-14-15-17/h2-5,9-10H,6-8H2,1H3. The summed E-state index contributed by atoms with van der Waals surface area (Å²) in [7, 11) is -3.49. The van der Waals surface area contributed by atoms with Crippen molar-refractivity contribution in [2.75, 3.05) is 19.7 Å². The summed E-state index contributed by atoms with van der Waals surface area (Å²) in [6, 6.07) is 6.47. The van der Waals surface area contributed by atoms with Crippen LogP contribution >= 0.6 is 0 Å². The largest absolute Gasteiger partial charge is 0.376 e. The molecule has 0 spiro atoms. The van der Waals surface area contributed by atoms with Crippen LogP contribution in [0.15, 0.2) is 35.5 Å². The highest BCUT2D eigenvalue weighted by Crippen LogP contribution is 2.20. The third-order valence-corrected chi connectivity index (χ3v) is 5.17. The molecule has 0 aliphatic carbocycles. The molecule has 0 radical (unpaired) electrons. The van der Waals surface area contributed by atoms with Crippen LogP contribution in [0.2, 0.25) is 0 Å². The van der Waals surface area contributed by atoms with Crippen molar-refractivity contribution in [2.45, 2.75) is 17.9 Å². The first-order valence-electron chi connectivity index (χ1n) is 6.52. The zero-order valence-electron chi connectivity index (χ0n) is 11.5. The fourth-order valence-electron chi connectivity index (χ4n) is 2.20. The predicted molar refractivity (Wildman–Crippen MR) is 73.3 cm³/mol. The summed E-state index contributed by atoms with van der Waals surface area (Å²) in [5, 5.41) is 10.8. The Kier molecular flexibility index (Phi) is 3.70. The lowest BCUT2D eigenvalue weighted by Crippen LogP contribution is -2.44. The molecular formula is C12H15N5O3S. The maximum Gasteiger partial charge on any atom is 0.243 e. The highest BCUT2D eigenvalue weighted by atomic mass is 32.2. The highest BCUT2D eigenvalue weighted by molar-refractivity contribution is 7.89. The van der Waals surface area contributed by atoms with Crippen molar-refractivity contribution >= 4 is 10.0 Å². The Morgan fingerprint density at radius 2 is 2.05 bits per heavy atom. The number of morpholine rings is 1. The lowest BCUT2D eigenvalue weighted by Gasteiger charge is -2.30. The molecule has 1 unspecified atom stereocenters. The van der Waals surface area contributed by atoms with Gasteiger partial charge in [-0.2, -0.15) is 4.31 Å². The molecule has 0 saturated carbocycles. The summed E-state index contributed by atoms with van der Waals surface area (Å²) in [5.74, 6) is 0. The van der Waals surface area contributed by atoms with Crippen molar-refractivity contribution in [3.8, 4) is 5.69 Å². The third-order valence-electron chi connectivity index (χ3n) is 3.29. The first-order valence-corrected chi connectivity index (χ1v) is 7.96. The molecule has 1 saturated heterocycles. The Bertz CT molecular complexity index is 699. The van der Waals surface area contributed by atoms with Crippen molar-refractivity contribution in [1.82, 2.24) is 24.5 Å². The number of hydrogen-bond acceptors (Lipinski definition) is 6. The molecule has 0 N–H and O–H groups in total. The molecule has 112 valence electrons. The van der Waals surface area contributed by atoms with Crippen LogP contribution in [0.25, 0.3) is 5.69 Å². The fraction of sp³-hybridized carbons (Fsp3) is 0.417. The molecule has 3 rings (SSSR count). The van der Waals surface area contributed by atoms with Crippen LogP contribution in [-0.2, 0) is 14.8 Å². The van der Waals surface area contributed by atoms with Gasteiger partial charge < -0.3 is 4.74 Å². The van der Waals surface area contributed by atoms with Gasteiger partial charge in [0.25, 0.3) is 0 Å². The lowest BCUT2D eigenvalue weighted by atomic mass is 10.3. The van der Waals surface area contributed by atoms with Gasteiger partial charge in [0.1, 0.15) is 6.33 Å². The third kappa shape index (κ3) is 2.80. The zero-order valence-corrected chi connectivity index (χ0v) is 12.3. The van der Waals surface area contributed by atoms with Crippen molar-refractivity contribution in [2.24, 2.45) is 0 Å². The number of rotatable bonds is 3. The van der Waals surface area contributed by atoms with Crippen LogP contribution in [-0.4, -0.2) is 58.7 Å². The average molecular weight is 309 g/mol. The smallest absolute Gasteiger partial charge is 0.243 e. The quantitative estimate of drug-likeness (QED) is 0.797. The molecule has 1 aromatic heterocycles. The SMILES string of the molecule is CC1CN(S(=O)(=O)c2ccc(-n3cnnn3)cc2)CCO1. The Hall–Kier alpha value is -1.84. The molecule has 21 heavy (non-hydrogen) atoms. The van der Waals surface area contributed by atoms with Gasteiger partial charge in [-0.3, -0.25) is 0 Å². The number of sulfonamides is 1. The van der Waals surface area contributed by atoms with Crippen LogP contribution in [0.4, 0.5) is 0 Å². The Balaban J connectivity index is 1.86. The Morgan fingerprint density at radius 1 is 1.29 bits per heavy atom. The monoisotopic (exact) mass is 309 g/mol. The van der Waals surface area contributed by atoms with Crippen molar-refractivity contribution in [3.05, 3.63) is 30.6 Å². The lowest BCUT2D eigenvalue weighted by molar-refractivity contribution is 0.0102. The van der Waals surface area contributed by atoms with Gasteiger partial charge in [0.15, 0.2) is 0 Å². The summed E-state index contributed by atoms with van der Waals surface area (Å²) in [4.78, 5) is 0.258. The van der Waals surface area contributed by atoms with Crippen LogP contribution in [0.1, 0.15) is 6.92 Å².